The molecule has 11 heteroatoms. The number of hydrogen-bond acceptors (Lipinski definition) is 8. The highest BCUT2D eigenvalue weighted by Crippen LogP contribution is 2.36. The molecule has 154 valence electrons. The zero-order chi connectivity index (χ0) is 21.6. The minimum absolute atomic E-state index is 0.0494. The van der Waals surface area contributed by atoms with E-state index in [1.165, 1.54) is 45.6 Å². The largest absolute Gasteiger partial charge is 0.495 e. The Labute approximate surface area is 170 Å². The number of nitro benzene ring substituents is 1. The van der Waals surface area contributed by atoms with Gasteiger partial charge in [-0.05, 0) is 18.2 Å². The second kappa shape index (κ2) is 9.60. The fourth-order valence-electron chi connectivity index (χ4n) is 2.34. The summed E-state index contributed by atoms with van der Waals surface area (Å²) in [6.45, 7) is -0.642. The number of rotatable bonds is 8. The summed E-state index contributed by atoms with van der Waals surface area (Å²) in [7, 11) is 4.12. The van der Waals surface area contributed by atoms with Gasteiger partial charge in [-0.25, -0.2) is 4.79 Å². The molecule has 0 aliphatic carbocycles. The summed E-state index contributed by atoms with van der Waals surface area (Å²) in [6, 6.07) is 6.37. The van der Waals surface area contributed by atoms with Crippen molar-refractivity contribution in [2.75, 3.05) is 33.3 Å². The number of ether oxygens (including phenoxy) is 4. The van der Waals surface area contributed by atoms with E-state index in [4.69, 9.17) is 30.5 Å². The van der Waals surface area contributed by atoms with Gasteiger partial charge >= 0.3 is 5.97 Å². The molecular weight excluding hydrogens is 408 g/mol. The Kier molecular flexibility index (Phi) is 7.21. The Morgan fingerprint density at radius 2 is 1.76 bits per heavy atom. The molecule has 0 unspecified atom stereocenters. The van der Waals surface area contributed by atoms with E-state index in [1.54, 1.807) is 0 Å². The van der Waals surface area contributed by atoms with Crippen molar-refractivity contribution < 1.29 is 33.5 Å². The summed E-state index contributed by atoms with van der Waals surface area (Å²) in [5.41, 5.74) is -0.122. The highest BCUT2D eigenvalue weighted by Gasteiger charge is 2.18. The lowest BCUT2D eigenvalue weighted by atomic mass is 10.2. The number of amides is 1. The smallest absolute Gasteiger partial charge is 0.338 e. The van der Waals surface area contributed by atoms with Gasteiger partial charge < -0.3 is 24.3 Å². The number of nitro groups is 1. The van der Waals surface area contributed by atoms with E-state index in [0.29, 0.717) is 0 Å². The van der Waals surface area contributed by atoms with E-state index in [1.807, 2.05) is 0 Å². The molecule has 0 aromatic heterocycles. The molecule has 1 amide bonds. The number of carbonyl (C=O) groups is 2. The second-order valence-electron chi connectivity index (χ2n) is 5.46. The molecule has 2 aromatic carbocycles. The van der Waals surface area contributed by atoms with E-state index in [0.717, 1.165) is 6.07 Å². The topological polar surface area (TPSA) is 126 Å². The summed E-state index contributed by atoms with van der Waals surface area (Å²) in [6.07, 6.45) is 0. The lowest BCUT2D eigenvalue weighted by molar-refractivity contribution is -0.384. The van der Waals surface area contributed by atoms with Crippen LogP contribution in [0.3, 0.4) is 0 Å². The summed E-state index contributed by atoms with van der Waals surface area (Å²) < 4.78 is 20.2. The molecule has 0 bridgehead atoms. The third-order valence-electron chi connectivity index (χ3n) is 3.67. The molecule has 0 heterocycles. The molecule has 1 N–H and O–H groups in total. The van der Waals surface area contributed by atoms with Crippen LogP contribution < -0.4 is 19.5 Å². The van der Waals surface area contributed by atoms with Gasteiger partial charge in [0.1, 0.15) is 5.75 Å². The van der Waals surface area contributed by atoms with Crippen molar-refractivity contribution in [2.24, 2.45) is 0 Å². The standard InChI is InChI=1S/C18H17ClN2O8/c1-26-14-5-4-11(21(24)25)8-13(14)20-16(22)9-29-18(23)10-6-12(19)17(28-3)15(7-10)27-2/h4-8H,9H2,1-3H3,(H,20,22). The number of hydrogen-bond donors (Lipinski definition) is 1. The maximum absolute atomic E-state index is 12.2. The van der Waals surface area contributed by atoms with E-state index in [2.05, 4.69) is 5.32 Å². The summed E-state index contributed by atoms with van der Waals surface area (Å²) in [5, 5.41) is 13.4. The predicted octanol–water partition coefficient (Wildman–Crippen LogP) is 3.07. The Morgan fingerprint density at radius 3 is 2.34 bits per heavy atom. The molecule has 0 aliphatic rings. The number of nitrogens with zero attached hydrogens (tertiary/aromatic N) is 1. The van der Waals surface area contributed by atoms with Crippen molar-refractivity contribution in [3.05, 3.63) is 51.0 Å². The quantitative estimate of drug-likeness (QED) is 0.389. The number of nitrogens with one attached hydrogen (secondary N) is 1. The van der Waals surface area contributed by atoms with Gasteiger partial charge in [-0.15, -0.1) is 0 Å². The van der Waals surface area contributed by atoms with Crippen LogP contribution in [0.15, 0.2) is 30.3 Å². The van der Waals surface area contributed by atoms with Gasteiger partial charge in [0.15, 0.2) is 18.1 Å². The Morgan fingerprint density at radius 1 is 1.07 bits per heavy atom. The van der Waals surface area contributed by atoms with E-state index in [9.17, 15) is 19.7 Å². The number of anilines is 1. The summed E-state index contributed by atoms with van der Waals surface area (Å²) in [4.78, 5) is 34.6. The molecule has 0 radical (unpaired) electrons. The lowest BCUT2D eigenvalue weighted by Gasteiger charge is -2.12. The molecule has 0 saturated carbocycles. The third kappa shape index (κ3) is 5.26. The molecule has 2 rings (SSSR count). The lowest BCUT2D eigenvalue weighted by Crippen LogP contribution is -2.21. The monoisotopic (exact) mass is 424 g/mol. The van der Waals surface area contributed by atoms with Crippen molar-refractivity contribution in [1.29, 1.82) is 0 Å². The van der Waals surface area contributed by atoms with Crippen LogP contribution in [0.2, 0.25) is 5.02 Å². The molecule has 0 spiro atoms. The van der Waals surface area contributed by atoms with E-state index >= 15 is 0 Å². The van der Waals surface area contributed by atoms with Crippen molar-refractivity contribution >= 4 is 34.9 Å². The summed E-state index contributed by atoms with van der Waals surface area (Å²) in [5.74, 6) is -0.862. The molecule has 0 aliphatic heterocycles. The zero-order valence-corrected chi connectivity index (χ0v) is 16.4. The van der Waals surface area contributed by atoms with Gasteiger partial charge in [-0.3, -0.25) is 14.9 Å². The van der Waals surface area contributed by atoms with Crippen LogP contribution in [0.1, 0.15) is 10.4 Å². The molecule has 0 saturated heterocycles. The van der Waals surface area contributed by atoms with Gasteiger partial charge in [-0.2, -0.15) is 0 Å². The number of methoxy groups -OCH3 is 3. The molecule has 10 nitrogen and oxygen atoms in total. The van der Waals surface area contributed by atoms with Gasteiger partial charge in [0.2, 0.25) is 0 Å². The van der Waals surface area contributed by atoms with Crippen LogP contribution in [-0.4, -0.2) is 44.7 Å². The fraction of sp³-hybridized carbons (Fsp3) is 0.222. The normalized spacial score (nSPS) is 10.1. The van der Waals surface area contributed by atoms with Crippen molar-refractivity contribution in [1.82, 2.24) is 0 Å². The molecule has 0 fully saturated rings. The Balaban J connectivity index is 2.08. The number of esters is 1. The highest BCUT2D eigenvalue weighted by atomic mass is 35.5. The average molecular weight is 425 g/mol. The SMILES string of the molecule is COc1ccc([N+](=O)[O-])cc1NC(=O)COC(=O)c1cc(Cl)c(OC)c(OC)c1. The van der Waals surface area contributed by atoms with Gasteiger partial charge in [0, 0.05) is 12.1 Å². The minimum Gasteiger partial charge on any atom is -0.495 e. The second-order valence-corrected chi connectivity index (χ2v) is 5.87. The predicted molar refractivity (Wildman–Crippen MR) is 103 cm³/mol. The van der Waals surface area contributed by atoms with Crippen LogP contribution in [-0.2, 0) is 9.53 Å². The van der Waals surface area contributed by atoms with Crippen LogP contribution in [0.25, 0.3) is 0 Å². The molecule has 2 aromatic rings. The maximum Gasteiger partial charge on any atom is 0.338 e. The number of non-ortho nitro benzene ring substituents is 1. The van der Waals surface area contributed by atoms with Gasteiger partial charge in [-0.1, -0.05) is 11.6 Å². The first kappa shape index (κ1) is 21.8. The molecular formula is C18H17ClN2O8. The summed E-state index contributed by atoms with van der Waals surface area (Å²) >= 11 is 6.04. The minimum atomic E-state index is -0.825. The van der Waals surface area contributed by atoms with Gasteiger partial charge in [0.05, 0.1) is 42.5 Å². The van der Waals surface area contributed by atoms with Gasteiger partial charge in [0.25, 0.3) is 11.6 Å². The van der Waals surface area contributed by atoms with E-state index in [-0.39, 0.29) is 39.2 Å². The Hall–Kier alpha value is -3.53. The molecule has 29 heavy (non-hydrogen) atoms. The van der Waals surface area contributed by atoms with Crippen LogP contribution in [0.4, 0.5) is 11.4 Å². The van der Waals surface area contributed by atoms with E-state index < -0.39 is 23.4 Å². The molecule has 0 atom stereocenters. The first-order chi connectivity index (χ1) is 13.8. The number of carbonyl (C=O) groups excluding carboxylic acids is 2. The number of halogens is 1. The highest BCUT2D eigenvalue weighted by molar-refractivity contribution is 6.32. The number of benzene rings is 2. The first-order valence-corrected chi connectivity index (χ1v) is 8.39. The first-order valence-electron chi connectivity index (χ1n) is 8.01. The third-order valence-corrected chi connectivity index (χ3v) is 3.95. The Bertz CT molecular complexity index is 948. The maximum atomic E-state index is 12.2. The van der Waals surface area contributed by atoms with Crippen LogP contribution in [0, 0.1) is 10.1 Å². The van der Waals surface area contributed by atoms with Crippen molar-refractivity contribution in [3.8, 4) is 17.2 Å². The average Bonchev–Trinajstić information content (AvgIpc) is 2.71. The van der Waals surface area contributed by atoms with Crippen LogP contribution >= 0.6 is 11.6 Å². The van der Waals surface area contributed by atoms with Crippen molar-refractivity contribution in [3.63, 3.8) is 0 Å². The van der Waals surface area contributed by atoms with Crippen molar-refractivity contribution in [2.45, 2.75) is 0 Å². The zero-order valence-electron chi connectivity index (χ0n) is 15.7. The van der Waals surface area contributed by atoms with Crippen LogP contribution in [0.5, 0.6) is 17.2 Å². The fourth-order valence-corrected chi connectivity index (χ4v) is 2.63.